The largest absolute Gasteiger partial charge is 0.496 e. The molecule has 0 aliphatic rings. The van der Waals surface area contributed by atoms with Gasteiger partial charge in [0.1, 0.15) is 11.4 Å². The van der Waals surface area contributed by atoms with E-state index in [0.29, 0.717) is 23.7 Å². The Bertz CT molecular complexity index is 1270. The minimum atomic E-state index is -4.51. The van der Waals surface area contributed by atoms with Crippen LogP contribution in [-0.4, -0.2) is 23.0 Å². The Morgan fingerprint density at radius 2 is 1.88 bits per heavy atom. The number of fused-ring (bicyclic) bond motifs is 1. The van der Waals surface area contributed by atoms with Gasteiger partial charge in [-0.2, -0.15) is 13.2 Å². The molecular formula is C23H19F3N4O2. The van der Waals surface area contributed by atoms with Crippen molar-refractivity contribution in [2.75, 3.05) is 17.7 Å². The summed E-state index contributed by atoms with van der Waals surface area (Å²) >= 11 is 0. The Morgan fingerprint density at radius 1 is 1.09 bits per heavy atom. The molecule has 1 amide bonds. The molecule has 32 heavy (non-hydrogen) atoms. The lowest BCUT2D eigenvalue weighted by Gasteiger charge is -2.13. The smallest absolute Gasteiger partial charge is 0.416 e. The molecule has 0 saturated carbocycles. The molecule has 0 atom stereocenters. The molecule has 2 heterocycles. The average Bonchev–Trinajstić information content (AvgIpc) is 3.26. The second-order valence-corrected chi connectivity index (χ2v) is 7.02. The molecule has 2 aromatic carbocycles. The lowest BCUT2D eigenvalue weighted by Crippen LogP contribution is -2.14. The Hall–Kier alpha value is -4.01. The number of alkyl halides is 3. The van der Waals surface area contributed by atoms with Crippen LogP contribution < -0.4 is 15.4 Å². The van der Waals surface area contributed by atoms with Gasteiger partial charge in [-0.15, -0.1) is 0 Å². The summed E-state index contributed by atoms with van der Waals surface area (Å²) in [4.78, 5) is 19.8. The van der Waals surface area contributed by atoms with Crippen molar-refractivity contribution in [3.05, 3.63) is 83.7 Å². The first kappa shape index (κ1) is 21.2. The second kappa shape index (κ2) is 8.62. The average molecular weight is 440 g/mol. The fourth-order valence-corrected chi connectivity index (χ4v) is 3.34. The Morgan fingerprint density at radius 3 is 2.66 bits per heavy atom. The maximum Gasteiger partial charge on any atom is 0.416 e. The number of anilines is 2. The maximum atomic E-state index is 12.9. The number of halogens is 3. The summed E-state index contributed by atoms with van der Waals surface area (Å²) in [5, 5.41) is 6.75. The standard InChI is InChI=1S/C23H19F3N4O2/c1-32-20-15(13-29-21-19(20)8-9-27-21)12-28-17-6-3-7-18(11-17)30-22(31)14-4-2-5-16(10-14)23(24,25)26/h2-11,13,28H,12H2,1H3,(H,27,29)(H,30,31). The molecule has 0 spiro atoms. The van der Waals surface area contributed by atoms with Gasteiger partial charge in [0.25, 0.3) is 5.91 Å². The van der Waals surface area contributed by atoms with Crippen molar-refractivity contribution < 1.29 is 22.7 Å². The van der Waals surface area contributed by atoms with Crippen LogP contribution in [0.15, 0.2) is 67.0 Å². The predicted octanol–water partition coefficient (Wildman–Crippen LogP) is 5.45. The number of nitrogens with zero attached hydrogens (tertiary/aromatic N) is 1. The van der Waals surface area contributed by atoms with E-state index in [9.17, 15) is 18.0 Å². The van der Waals surface area contributed by atoms with E-state index in [2.05, 4.69) is 20.6 Å². The Balaban J connectivity index is 1.47. The first-order chi connectivity index (χ1) is 15.3. The molecule has 0 saturated heterocycles. The number of carbonyl (C=O) groups excluding carboxylic acids is 1. The minimum Gasteiger partial charge on any atom is -0.496 e. The zero-order chi connectivity index (χ0) is 22.7. The van der Waals surface area contributed by atoms with Crippen molar-refractivity contribution in [2.45, 2.75) is 12.7 Å². The van der Waals surface area contributed by atoms with E-state index < -0.39 is 17.6 Å². The van der Waals surface area contributed by atoms with E-state index >= 15 is 0 Å². The predicted molar refractivity (Wildman–Crippen MR) is 116 cm³/mol. The van der Waals surface area contributed by atoms with Crippen LogP contribution in [0.3, 0.4) is 0 Å². The number of carbonyl (C=O) groups is 1. The van der Waals surface area contributed by atoms with Gasteiger partial charge >= 0.3 is 6.18 Å². The third-order valence-electron chi connectivity index (χ3n) is 4.87. The Labute approximate surface area is 181 Å². The fraction of sp³-hybridized carbons (Fsp3) is 0.130. The highest BCUT2D eigenvalue weighted by atomic mass is 19.4. The maximum absolute atomic E-state index is 12.9. The molecule has 0 radical (unpaired) electrons. The van der Waals surface area contributed by atoms with Gasteiger partial charge in [-0.1, -0.05) is 12.1 Å². The van der Waals surface area contributed by atoms with Gasteiger partial charge in [0.2, 0.25) is 0 Å². The van der Waals surface area contributed by atoms with Gasteiger partial charge in [0.15, 0.2) is 0 Å². The number of hydrogen-bond acceptors (Lipinski definition) is 4. The van der Waals surface area contributed by atoms with E-state index in [4.69, 9.17) is 4.74 Å². The van der Waals surface area contributed by atoms with Crippen molar-refractivity contribution in [3.63, 3.8) is 0 Å². The summed E-state index contributed by atoms with van der Waals surface area (Å²) in [6.07, 6.45) is -1.02. The summed E-state index contributed by atoms with van der Waals surface area (Å²) in [5.41, 5.74) is 1.78. The van der Waals surface area contributed by atoms with E-state index in [1.165, 1.54) is 12.1 Å². The van der Waals surface area contributed by atoms with Crippen molar-refractivity contribution in [1.82, 2.24) is 9.97 Å². The number of methoxy groups -OCH3 is 1. The number of ether oxygens (including phenoxy) is 1. The van der Waals surface area contributed by atoms with Gasteiger partial charge in [0.05, 0.1) is 18.1 Å². The normalized spacial score (nSPS) is 11.4. The van der Waals surface area contributed by atoms with Gasteiger partial charge < -0.3 is 20.4 Å². The fourth-order valence-electron chi connectivity index (χ4n) is 3.34. The van der Waals surface area contributed by atoms with Gasteiger partial charge in [-0.05, 0) is 42.5 Å². The molecule has 0 aliphatic heterocycles. The van der Waals surface area contributed by atoms with Crippen LogP contribution in [0, 0.1) is 0 Å². The molecule has 6 nitrogen and oxygen atoms in total. The SMILES string of the molecule is COc1c(CNc2cccc(NC(=O)c3cccc(C(F)(F)F)c3)c2)cnc2[nH]ccc12. The third kappa shape index (κ3) is 4.51. The van der Waals surface area contributed by atoms with Crippen LogP contribution in [0.1, 0.15) is 21.5 Å². The highest BCUT2D eigenvalue weighted by Crippen LogP contribution is 2.30. The number of aromatic amines is 1. The van der Waals surface area contributed by atoms with E-state index in [1.807, 2.05) is 12.1 Å². The first-order valence-corrected chi connectivity index (χ1v) is 9.66. The van der Waals surface area contributed by atoms with Crippen LogP contribution in [0.2, 0.25) is 0 Å². The number of nitrogens with one attached hydrogen (secondary N) is 3. The van der Waals surface area contributed by atoms with E-state index in [1.54, 1.807) is 37.7 Å². The van der Waals surface area contributed by atoms with E-state index in [0.717, 1.165) is 28.7 Å². The summed E-state index contributed by atoms with van der Waals surface area (Å²) in [7, 11) is 1.59. The lowest BCUT2D eigenvalue weighted by atomic mass is 10.1. The molecule has 0 fully saturated rings. The van der Waals surface area contributed by atoms with Crippen molar-refractivity contribution in [1.29, 1.82) is 0 Å². The molecule has 0 bridgehead atoms. The zero-order valence-electron chi connectivity index (χ0n) is 17.0. The zero-order valence-corrected chi connectivity index (χ0v) is 17.0. The van der Waals surface area contributed by atoms with Crippen LogP contribution in [-0.2, 0) is 12.7 Å². The number of aromatic nitrogens is 2. The minimum absolute atomic E-state index is 0.0752. The first-order valence-electron chi connectivity index (χ1n) is 9.66. The van der Waals surface area contributed by atoms with E-state index in [-0.39, 0.29) is 5.56 Å². The monoisotopic (exact) mass is 440 g/mol. The molecule has 0 unspecified atom stereocenters. The van der Waals surface area contributed by atoms with Gasteiger partial charge in [-0.25, -0.2) is 4.98 Å². The molecule has 0 aliphatic carbocycles. The molecule has 9 heteroatoms. The summed E-state index contributed by atoms with van der Waals surface area (Å²) < 4.78 is 44.2. The van der Waals surface area contributed by atoms with Gasteiger partial charge in [-0.3, -0.25) is 4.79 Å². The van der Waals surface area contributed by atoms with Crippen LogP contribution in [0.5, 0.6) is 5.75 Å². The van der Waals surface area contributed by atoms with Crippen molar-refractivity contribution in [2.24, 2.45) is 0 Å². The number of benzene rings is 2. The van der Waals surface area contributed by atoms with Crippen LogP contribution >= 0.6 is 0 Å². The molecule has 164 valence electrons. The summed E-state index contributed by atoms with van der Waals surface area (Å²) in [6.45, 7) is 0.419. The van der Waals surface area contributed by atoms with Crippen LogP contribution in [0.25, 0.3) is 11.0 Å². The molecule has 3 N–H and O–H groups in total. The second-order valence-electron chi connectivity index (χ2n) is 7.02. The summed E-state index contributed by atoms with van der Waals surface area (Å²) in [5.74, 6) is 0.0785. The highest BCUT2D eigenvalue weighted by molar-refractivity contribution is 6.04. The number of pyridine rings is 1. The van der Waals surface area contributed by atoms with Crippen molar-refractivity contribution in [3.8, 4) is 5.75 Å². The number of amides is 1. The van der Waals surface area contributed by atoms with Gasteiger partial charge in [0, 0.05) is 41.4 Å². The molecule has 4 rings (SSSR count). The number of rotatable bonds is 6. The molecular weight excluding hydrogens is 421 g/mol. The topological polar surface area (TPSA) is 79.0 Å². The molecule has 4 aromatic rings. The lowest BCUT2D eigenvalue weighted by molar-refractivity contribution is -0.137. The van der Waals surface area contributed by atoms with Crippen LogP contribution in [0.4, 0.5) is 24.5 Å². The highest BCUT2D eigenvalue weighted by Gasteiger charge is 2.30. The quantitative estimate of drug-likeness (QED) is 0.372. The molecule has 2 aromatic heterocycles. The summed E-state index contributed by atoms with van der Waals surface area (Å²) in [6, 6.07) is 13.1. The third-order valence-corrected chi connectivity index (χ3v) is 4.87. The Kier molecular flexibility index (Phi) is 5.72. The number of hydrogen-bond donors (Lipinski definition) is 3. The van der Waals surface area contributed by atoms with Crippen molar-refractivity contribution >= 4 is 28.3 Å². The number of H-pyrrole nitrogens is 1.